The molecular weight excluding hydrogens is 393 g/mol. The van der Waals surface area contributed by atoms with E-state index < -0.39 is 17.5 Å². The number of hydrogen-bond donors (Lipinski definition) is 0. The molecule has 1 aromatic rings. The summed E-state index contributed by atoms with van der Waals surface area (Å²) >= 11 is 0. The fraction of sp³-hybridized carbons (Fsp3) is 0.714. The Morgan fingerprint density at radius 2 is 1.32 bits per heavy atom. The smallest absolute Gasteiger partial charge is 0.194 e. The molecule has 0 aliphatic heterocycles. The lowest BCUT2D eigenvalue weighted by Crippen LogP contribution is -2.25. The van der Waals surface area contributed by atoms with Gasteiger partial charge in [-0.3, -0.25) is 0 Å². The van der Waals surface area contributed by atoms with Crippen molar-refractivity contribution in [3.8, 4) is 0 Å². The summed E-state index contributed by atoms with van der Waals surface area (Å²) in [4.78, 5) is 0. The van der Waals surface area contributed by atoms with Crippen LogP contribution in [0.5, 0.6) is 0 Å². The lowest BCUT2D eigenvalue weighted by molar-refractivity contribution is 0.140. The van der Waals surface area contributed by atoms with Crippen LogP contribution in [0.3, 0.4) is 0 Å². The Labute approximate surface area is 187 Å². The van der Waals surface area contributed by atoms with E-state index in [0.29, 0.717) is 5.56 Å². The van der Waals surface area contributed by atoms with Crippen LogP contribution < -0.4 is 0 Å². The van der Waals surface area contributed by atoms with Crippen molar-refractivity contribution in [3.63, 3.8) is 0 Å². The molecule has 0 nitrogen and oxygen atoms in total. The maximum atomic E-state index is 13.5. The number of rotatable bonds is 9. The fourth-order valence-corrected chi connectivity index (χ4v) is 6.02. The highest BCUT2D eigenvalue weighted by atomic mass is 19.2. The van der Waals surface area contributed by atoms with E-state index in [1.165, 1.54) is 77.0 Å². The molecule has 0 amide bonds. The molecule has 2 fully saturated rings. The number of halogens is 3. The SMILES string of the molecule is CCCCCC1CCC(C2CCC(CC/C=C(\C)c3cc(F)c(F)c(F)c3)CC2)CC1. The average molecular weight is 435 g/mol. The van der Waals surface area contributed by atoms with Crippen molar-refractivity contribution in [2.75, 3.05) is 0 Å². The second-order valence-electron chi connectivity index (χ2n) is 10.3. The molecule has 0 radical (unpaired) electrons. The Hall–Kier alpha value is -1.25. The highest BCUT2D eigenvalue weighted by Gasteiger charge is 2.30. The van der Waals surface area contributed by atoms with E-state index in [9.17, 15) is 13.2 Å². The molecule has 0 saturated heterocycles. The van der Waals surface area contributed by atoms with E-state index in [1.54, 1.807) is 0 Å². The summed E-state index contributed by atoms with van der Waals surface area (Å²) in [6, 6.07) is 2.18. The third kappa shape index (κ3) is 7.12. The predicted molar refractivity (Wildman–Crippen MR) is 124 cm³/mol. The van der Waals surface area contributed by atoms with Crippen molar-refractivity contribution in [3.05, 3.63) is 41.2 Å². The van der Waals surface area contributed by atoms with Crippen LogP contribution >= 0.6 is 0 Å². The molecule has 0 atom stereocenters. The maximum absolute atomic E-state index is 13.5. The molecule has 2 aliphatic carbocycles. The van der Waals surface area contributed by atoms with Gasteiger partial charge in [0.05, 0.1) is 0 Å². The monoisotopic (exact) mass is 434 g/mol. The summed E-state index contributed by atoms with van der Waals surface area (Å²) in [5.41, 5.74) is 1.26. The third-order valence-electron chi connectivity index (χ3n) is 8.13. The lowest BCUT2D eigenvalue weighted by Gasteiger charge is -2.38. The van der Waals surface area contributed by atoms with Gasteiger partial charge < -0.3 is 0 Å². The van der Waals surface area contributed by atoms with Crippen LogP contribution in [-0.2, 0) is 0 Å². The minimum absolute atomic E-state index is 0.436. The van der Waals surface area contributed by atoms with Crippen LogP contribution in [0.25, 0.3) is 5.57 Å². The van der Waals surface area contributed by atoms with Gasteiger partial charge in [-0.2, -0.15) is 0 Å². The Kier molecular flexibility index (Phi) is 9.53. The van der Waals surface area contributed by atoms with Gasteiger partial charge in [-0.15, -0.1) is 0 Å². The van der Waals surface area contributed by atoms with Crippen molar-refractivity contribution in [1.82, 2.24) is 0 Å². The number of unbranched alkanes of at least 4 members (excludes halogenated alkanes) is 2. The average Bonchev–Trinajstić information content (AvgIpc) is 2.78. The largest absolute Gasteiger partial charge is 0.204 e. The van der Waals surface area contributed by atoms with Crippen LogP contribution in [0.1, 0.15) is 109 Å². The fourth-order valence-electron chi connectivity index (χ4n) is 6.02. The van der Waals surface area contributed by atoms with E-state index in [4.69, 9.17) is 0 Å². The van der Waals surface area contributed by atoms with Gasteiger partial charge in [0.1, 0.15) is 0 Å². The van der Waals surface area contributed by atoms with Gasteiger partial charge in [-0.1, -0.05) is 64.4 Å². The van der Waals surface area contributed by atoms with E-state index in [1.807, 2.05) is 6.92 Å². The summed E-state index contributed by atoms with van der Waals surface area (Å²) in [5, 5.41) is 0. The normalized spacial score (nSPS) is 27.5. The highest BCUT2D eigenvalue weighted by Crippen LogP contribution is 2.43. The second kappa shape index (κ2) is 12.1. The first-order valence-corrected chi connectivity index (χ1v) is 12.8. The minimum Gasteiger partial charge on any atom is -0.204 e. The molecule has 3 rings (SSSR count). The molecule has 2 saturated carbocycles. The van der Waals surface area contributed by atoms with E-state index >= 15 is 0 Å². The minimum atomic E-state index is -1.39. The Balaban J connectivity index is 1.36. The predicted octanol–water partition coefficient (Wildman–Crippen LogP) is 9.48. The van der Waals surface area contributed by atoms with Crippen molar-refractivity contribution >= 4 is 5.57 Å². The summed E-state index contributed by atoms with van der Waals surface area (Å²) < 4.78 is 40.1. The summed E-state index contributed by atoms with van der Waals surface area (Å²) in [5.74, 6) is 0.0547. The summed E-state index contributed by atoms with van der Waals surface area (Å²) in [6.45, 7) is 4.14. The first kappa shape index (κ1) is 24.4. The van der Waals surface area contributed by atoms with Crippen molar-refractivity contribution in [1.29, 1.82) is 0 Å². The third-order valence-corrected chi connectivity index (χ3v) is 8.13. The summed E-state index contributed by atoms with van der Waals surface area (Å²) in [7, 11) is 0. The molecule has 3 heteroatoms. The van der Waals surface area contributed by atoms with Gasteiger partial charge in [0.25, 0.3) is 0 Å². The van der Waals surface area contributed by atoms with Gasteiger partial charge in [0, 0.05) is 0 Å². The number of benzene rings is 1. The Morgan fingerprint density at radius 3 is 1.84 bits per heavy atom. The van der Waals surface area contributed by atoms with Gasteiger partial charge in [0.15, 0.2) is 17.5 Å². The van der Waals surface area contributed by atoms with Gasteiger partial charge in [-0.25, -0.2) is 13.2 Å². The second-order valence-corrected chi connectivity index (χ2v) is 10.3. The maximum Gasteiger partial charge on any atom is 0.194 e. The highest BCUT2D eigenvalue weighted by molar-refractivity contribution is 5.63. The molecule has 0 N–H and O–H groups in total. The molecule has 0 bridgehead atoms. The topological polar surface area (TPSA) is 0 Å². The standard InChI is InChI=1S/C28H41F3/c1-3-4-5-8-21-10-14-23(15-11-21)24-16-12-22(13-17-24)9-6-7-20(2)25-18-26(29)28(31)27(30)19-25/h7,18-19,21-24H,3-6,8-17H2,1-2H3/b20-7+. The molecular formula is C28H41F3. The molecule has 0 heterocycles. The van der Waals surface area contributed by atoms with Crippen LogP contribution in [-0.4, -0.2) is 0 Å². The van der Waals surface area contributed by atoms with Crippen molar-refractivity contribution in [2.45, 2.75) is 104 Å². The number of allylic oxidation sites excluding steroid dienone is 2. The lowest BCUT2D eigenvalue weighted by atomic mass is 9.68. The van der Waals surface area contributed by atoms with E-state index in [2.05, 4.69) is 13.0 Å². The molecule has 0 unspecified atom stereocenters. The molecule has 2 aliphatic rings. The van der Waals surface area contributed by atoms with Crippen molar-refractivity contribution < 1.29 is 13.2 Å². The zero-order valence-corrected chi connectivity index (χ0v) is 19.6. The van der Waals surface area contributed by atoms with E-state index in [-0.39, 0.29) is 0 Å². The zero-order chi connectivity index (χ0) is 22.2. The molecule has 0 spiro atoms. The quantitative estimate of drug-likeness (QED) is 0.268. The number of hydrogen-bond acceptors (Lipinski definition) is 0. The zero-order valence-electron chi connectivity index (χ0n) is 19.6. The summed E-state index contributed by atoms with van der Waals surface area (Å²) in [6.07, 6.45) is 21.0. The van der Waals surface area contributed by atoms with Gasteiger partial charge in [0.2, 0.25) is 0 Å². The van der Waals surface area contributed by atoms with Crippen molar-refractivity contribution in [2.24, 2.45) is 23.7 Å². The molecule has 31 heavy (non-hydrogen) atoms. The first-order chi connectivity index (χ1) is 15.0. The Morgan fingerprint density at radius 1 is 0.806 bits per heavy atom. The van der Waals surface area contributed by atoms with Gasteiger partial charge in [-0.05, 0) is 92.4 Å². The van der Waals surface area contributed by atoms with Crippen LogP contribution in [0.15, 0.2) is 18.2 Å². The van der Waals surface area contributed by atoms with Crippen LogP contribution in [0.2, 0.25) is 0 Å². The van der Waals surface area contributed by atoms with Crippen LogP contribution in [0.4, 0.5) is 13.2 Å². The first-order valence-electron chi connectivity index (χ1n) is 12.8. The van der Waals surface area contributed by atoms with Gasteiger partial charge >= 0.3 is 0 Å². The molecule has 174 valence electrons. The molecule has 0 aromatic heterocycles. The molecule has 1 aromatic carbocycles. The Bertz CT molecular complexity index is 684. The van der Waals surface area contributed by atoms with Crippen LogP contribution in [0, 0.1) is 41.1 Å². The van der Waals surface area contributed by atoms with E-state index in [0.717, 1.165) is 54.2 Å².